The molecule has 0 aliphatic heterocycles. The maximum Gasteiger partial charge on any atom is 0.472 e. The minimum Gasteiger partial charge on any atom is -0.462 e. The lowest BCUT2D eigenvalue weighted by atomic mass is 10.1. The number of rotatable bonds is 51. The van der Waals surface area contributed by atoms with E-state index in [9.17, 15) is 19.0 Å². The van der Waals surface area contributed by atoms with E-state index in [1.165, 1.54) is 44.9 Å². The number of carbonyl (C=O) groups is 2. The summed E-state index contributed by atoms with van der Waals surface area (Å²) in [6.45, 7) is 3.54. The van der Waals surface area contributed by atoms with Crippen molar-refractivity contribution in [2.75, 3.05) is 26.4 Å². The predicted octanol–water partition coefficient (Wildman–Crippen LogP) is 17.8. The number of nitrogens with two attached hydrogens (primary N) is 1. The van der Waals surface area contributed by atoms with Crippen LogP contribution in [0.2, 0.25) is 0 Å². The van der Waals surface area contributed by atoms with Gasteiger partial charge in [0.15, 0.2) is 6.10 Å². The Balaban J connectivity index is 4.00. The second kappa shape index (κ2) is 56.4. The van der Waals surface area contributed by atoms with Crippen LogP contribution in [0.5, 0.6) is 0 Å². The first-order valence-electron chi connectivity index (χ1n) is 28.2. The second-order valence-corrected chi connectivity index (χ2v) is 19.5. The Labute approximate surface area is 440 Å². The SMILES string of the molecule is CC/C=C\C/C=C\C/C=C\C/C=C\C/C=C\C/C=C\C/C=C\C/C=C\C/C=C\CCCCCCCCCCCC(=O)OC(COC(=O)CCCCCCC/C=C\C/C=C\CCCC)COP(=O)(O)OCCN. The zero-order valence-electron chi connectivity index (χ0n) is 45.4. The fourth-order valence-corrected chi connectivity index (χ4v) is 7.88. The molecule has 0 saturated heterocycles. The van der Waals surface area contributed by atoms with Crippen molar-refractivity contribution in [1.29, 1.82) is 0 Å². The van der Waals surface area contributed by atoms with Crippen molar-refractivity contribution in [3.05, 3.63) is 134 Å². The first-order chi connectivity index (χ1) is 35.3. The van der Waals surface area contributed by atoms with Crippen LogP contribution < -0.4 is 5.73 Å². The molecule has 0 aliphatic carbocycles. The highest BCUT2D eigenvalue weighted by Gasteiger charge is 2.26. The molecule has 0 radical (unpaired) electrons. The largest absolute Gasteiger partial charge is 0.472 e. The van der Waals surface area contributed by atoms with Crippen LogP contribution in [0.4, 0.5) is 0 Å². The number of carbonyl (C=O) groups excluding carboxylic acids is 2. The molecule has 0 amide bonds. The van der Waals surface area contributed by atoms with Gasteiger partial charge in [-0.15, -0.1) is 0 Å². The van der Waals surface area contributed by atoms with Crippen molar-refractivity contribution < 1.29 is 37.6 Å². The molecule has 0 saturated carbocycles. The number of hydrogen-bond donors (Lipinski definition) is 2. The molecule has 9 nitrogen and oxygen atoms in total. The van der Waals surface area contributed by atoms with Gasteiger partial charge in [0.1, 0.15) is 6.61 Å². The Hall–Kier alpha value is -3.85. The molecule has 10 heteroatoms. The van der Waals surface area contributed by atoms with Crippen molar-refractivity contribution in [1.82, 2.24) is 0 Å². The van der Waals surface area contributed by atoms with Gasteiger partial charge in [-0.2, -0.15) is 0 Å². The van der Waals surface area contributed by atoms with Gasteiger partial charge in [-0.25, -0.2) is 4.57 Å². The van der Waals surface area contributed by atoms with Gasteiger partial charge in [0.25, 0.3) is 0 Å². The fraction of sp³-hybridized carbons (Fsp3) is 0.613. The summed E-state index contributed by atoms with van der Waals surface area (Å²) in [4.78, 5) is 35.1. The van der Waals surface area contributed by atoms with E-state index < -0.39 is 32.5 Å². The van der Waals surface area contributed by atoms with Crippen LogP contribution in [0.25, 0.3) is 0 Å². The molecular formula is C62H102NO8P. The number of allylic oxidation sites excluding steroid dienone is 22. The van der Waals surface area contributed by atoms with E-state index in [0.717, 1.165) is 128 Å². The van der Waals surface area contributed by atoms with Crippen LogP contribution in [0.15, 0.2) is 134 Å². The molecule has 2 unspecified atom stereocenters. The second-order valence-electron chi connectivity index (χ2n) is 18.1. The molecule has 3 N–H and O–H groups in total. The first kappa shape index (κ1) is 68.2. The number of esters is 2. The van der Waals surface area contributed by atoms with Crippen molar-refractivity contribution in [3.8, 4) is 0 Å². The Morgan fingerprint density at radius 3 is 1.14 bits per heavy atom. The topological polar surface area (TPSA) is 134 Å². The Morgan fingerprint density at radius 1 is 0.431 bits per heavy atom. The quantitative estimate of drug-likeness (QED) is 0.0264. The molecule has 0 rings (SSSR count). The van der Waals surface area contributed by atoms with Crippen LogP contribution in [0, 0.1) is 0 Å². The highest BCUT2D eigenvalue weighted by molar-refractivity contribution is 7.47. The highest BCUT2D eigenvalue weighted by atomic mass is 31.2. The zero-order valence-corrected chi connectivity index (χ0v) is 46.3. The monoisotopic (exact) mass is 1020 g/mol. The molecule has 0 heterocycles. The summed E-state index contributed by atoms with van der Waals surface area (Å²) in [7, 11) is -4.40. The lowest BCUT2D eigenvalue weighted by molar-refractivity contribution is -0.161. The Bertz CT molecular complexity index is 1630. The Kier molecular flexibility index (Phi) is 53.4. The van der Waals surface area contributed by atoms with Crippen molar-refractivity contribution in [3.63, 3.8) is 0 Å². The molecule has 0 spiro atoms. The van der Waals surface area contributed by atoms with E-state index >= 15 is 0 Å². The minimum absolute atomic E-state index is 0.0439. The minimum atomic E-state index is -4.40. The van der Waals surface area contributed by atoms with E-state index in [1.54, 1.807) is 0 Å². The third kappa shape index (κ3) is 55.5. The van der Waals surface area contributed by atoms with E-state index in [1.807, 2.05) is 0 Å². The first-order valence-corrected chi connectivity index (χ1v) is 29.7. The summed E-state index contributed by atoms with van der Waals surface area (Å²) >= 11 is 0. The third-order valence-electron chi connectivity index (χ3n) is 11.3. The molecule has 408 valence electrons. The lowest BCUT2D eigenvalue weighted by Crippen LogP contribution is -2.29. The van der Waals surface area contributed by atoms with Crippen molar-refractivity contribution >= 4 is 19.8 Å². The van der Waals surface area contributed by atoms with E-state index in [0.29, 0.717) is 12.8 Å². The smallest absolute Gasteiger partial charge is 0.462 e. The van der Waals surface area contributed by atoms with Crippen LogP contribution in [-0.2, 0) is 32.7 Å². The summed E-state index contributed by atoms with van der Waals surface area (Å²) in [5.74, 6) is -0.861. The summed E-state index contributed by atoms with van der Waals surface area (Å²) < 4.78 is 32.9. The molecule has 0 bridgehead atoms. The summed E-state index contributed by atoms with van der Waals surface area (Å²) in [5.41, 5.74) is 5.37. The zero-order chi connectivity index (χ0) is 52.4. The predicted molar refractivity (Wildman–Crippen MR) is 307 cm³/mol. The lowest BCUT2D eigenvalue weighted by Gasteiger charge is -2.19. The average Bonchev–Trinajstić information content (AvgIpc) is 3.37. The third-order valence-corrected chi connectivity index (χ3v) is 12.3. The molecule has 0 fully saturated rings. The number of ether oxygens (including phenoxy) is 2. The van der Waals surface area contributed by atoms with Crippen LogP contribution in [0.3, 0.4) is 0 Å². The maximum atomic E-state index is 12.7. The summed E-state index contributed by atoms with van der Waals surface area (Å²) in [5, 5.41) is 0. The van der Waals surface area contributed by atoms with E-state index in [2.05, 4.69) is 148 Å². The molecular weight excluding hydrogens is 918 g/mol. The van der Waals surface area contributed by atoms with Gasteiger partial charge in [0.05, 0.1) is 13.2 Å². The molecule has 0 aliphatic rings. The normalized spacial score (nSPS) is 14.1. The van der Waals surface area contributed by atoms with Gasteiger partial charge in [0.2, 0.25) is 0 Å². The van der Waals surface area contributed by atoms with Crippen molar-refractivity contribution in [2.45, 2.75) is 219 Å². The number of phosphoric ester groups is 1. The summed E-state index contributed by atoms with van der Waals surface area (Å²) in [6, 6.07) is 0. The molecule has 0 aromatic heterocycles. The van der Waals surface area contributed by atoms with Gasteiger partial charge in [-0.1, -0.05) is 225 Å². The fourth-order valence-electron chi connectivity index (χ4n) is 7.11. The van der Waals surface area contributed by atoms with Gasteiger partial charge in [-0.05, 0) is 109 Å². The average molecular weight is 1020 g/mol. The number of phosphoric acid groups is 1. The van der Waals surface area contributed by atoms with Crippen molar-refractivity contribution in [2.24, 2.45) is 5.73 Å². The van der Waals surface area contributed by atoms with Crippen LogP contribution >= 0.6 is 7.82 Å². The van der Waals surface area contributed by atoms with Gasteiger partial charge < -0.3 is 20.1 Å². The van der Waals surface area contributed by atoms with Crippen LogP contribution in [0.1, 0.15) is 213 Å². The highest BCUT2D eigenvalue weighted by Crippen LogP contribution is 2.43. The van der Waals surface area contributed by atoms with E-state index in [4.69, 9.17) is 24.3 Å². The molecule has 72 heavy (non-hydrogen) atoms. The number of unbranched alkanes of at least 4 members (excludes halogenated alkanes) is 16. The number of hydrogen-bond acceptors (Lipinski definition) is 8. The summed E-state index contributed by atoms with van der Waals surface area (Å²) in [6.07, 6.45) is 79.3. The van der Waals surface area contributed by atoms with Crippen LogP contribution in [-0.4, -0.2) is 49.3 Å². The van der Waals surface area contributed by atoms with Gasteiger partial charge >= 0.3 is 19.8 Å². The maximum absolute atomic E-state index is 12.7. The molecule has 0 aromatic rings. The van der Waals surface area contributed by atoms with Gasteiger partial charge in [-0.3, -0.25) is 18.6 Å². The van der Waals surface area contributed by atoms with E-state index in [-0.39, 0.29) is 32.6 Å². The molecule has 2 atom stereocenters. The van der Waals surface area contributed by atoms with Gasteiger partial charge in [0, 0.05) is 19.4 Å². The standard InChI is InChI=1S/C62H102NO8P/c1-3-5-7-9-11-13-15-17-19-20-21-22-23-24-25-26-27-28-29-30-31-32-33-34-35-36-37-38-39-40-41-43-45-47-49-51-53-55-62(65)71-60(59-70-72(66,67)69-57-56-63)58-68-61(64)54-52-50-48-46-44-42-18-16-14-12-10-8-6-4-2/h5,7,10-13,16-19,21-22,24-25,27-28,30-31,33-34,36-37,60H,3-4,6,8-9,14-15,20,23,26,29,32,35,38-59,63H2,1-2H3,(H,66,67)/b7-5-,12-10-,13-11-,18-16-,19-17-,22-21-,25-24-,28-27-,31-30-,34-33-,37-36-. The Morgan fingerprint density at radius 2 is 0.764 bits per heavy atom. The molecule has 0 aromatic carbocycles.